The minimum Gasteiger partial charge on any atom is -0.481 e. The van der Waals surface area contributed by atoms with Crippen molar-refractivity contribution < 1.29 is 9.47 Å². The van der Waals surface area contributed by atoms with Crippen LogP contribution >= 0.6 is 0 Å². The van der Waals surface area contributed by atoms with Crippen LogP contribution in [0, 0.1) is 0 Å². The first-order chi connectivity index (χ1) is 17.2. The molecule has 0 amide bonds. The van der Waals surface area contributed by atoms with E-state index in [4.69, 9.17) is 19.5 Å². The molecule has 172 valence electrons. The van der Waals surface area contributed by atoms with Gasteiger partial charge in [-0.15, -0.1) is 0 Å². The zero-order valence-corrected chi connectivity index (χ0v) is 19.8. The Labute approximate surface area is 205 Å². The molecule has 0 fully saturated rings. The lowest BCUT2D eigenvalue weighted by atomic mass is 9.96. The molecule has 0 aliphatic carbocycles. The summed E-state index contributed by atoms with van der Waals surface area (Å²) in [5.74, 6) is 1.99. The quantitative estimate of drug-likeness (QED) is 0.227. The van der Waals surface area contributed by atoms with Gasteiger partial charge in [-0.25, -0.2) is 9.98 Å². The number of nitrogens with zero attached hydrogens (tertiary/aromatic N) is 2. The highest BCUT2D eigenvalue weighted by Crippen LogP contribution is 2.37. The van der Waals surface area contributed by atoms with Crippen LogP contribution in [0.4, 0.5) is 11.4 Å². The molecule has 4 nitrogen and oxygen atoms in total. The molecule has 1 heterocycles. The lowest BCUT2D eigenvalue weighted by Crippen LogP contribution is -2.11. The van der Waals surface area contributed by atoms with Gasteiger partial charge in [0.05, 0.1) is 18.5 Å². The van der Waals surface area contributed by atoms with E-state index in [0.29, 0.717) is 11.8 Å². The van der Waals surface area contributed by atoms with E-state index in [1.165, 1.54) is 0 Å². The van der Waals surface area contributed by atoms with Crippen LogP contribution < -0.4 is 0 Å². The van der Waals surface area contributed by atoms with E-state index < -0.39 is 0 Å². The number of hydrogen-bond acceptors (Lipinski definition) is 4. The second kappa shape index (κ2) is 10.2. The zero-order chi connectivity index (χ0) is 24.0. The van der Waals surface area contributed by atoms with Gasteiger partial charge < -0.3 is 9.47 Å². The maximum atomic E-state index is 6.35. The topological polar surface area (TPSA) is 43.2 Å². The van der Waals surface area contributed by atoms with Gasteiger partial charge in [-0.3, -0.25) is 0 Å². The van der Waals surface area contributed by atoms with Crippen LogP contribution in [0.15, 0.2) is 125 Å². The van der Waals surface area contributed by atoms with Crippen molar-refractivity contribution in [1.82, 2.24) is 0 Å². The third-order valence-corrected chi connectivity index (χ3v) is 5.88. The van der Waals surface area contributed by atoms with E-state index in [0.717, 1.165) is 39.4 Å². The van der Waals surface area contributed by atoms with Gasteiger partial charge in [0.15, 0.2) is 0 Å². The number of hydrogen-bond donors (Lipinski definition) is 0. The molecule has 1 unspecified atom stereocenters. The molecule has 0 bridgehead atoms. The van der Waals surface area contributed by atoms with Gasteiger partial charge >= 0.3 is 0 Å². The van der Waals surface area contributed by atoms with Crippen molar-refractivity contribution in [2.24, 2.45) is 9.98 Å². The molecule has 1 atom stereocenters. The Morgan fingerprint density at radius 2 is 1.49 bits per heavy atom. The largest absolute Gasteiger partial charge is 0.481 e. The van der Waals surface area contributed by atoms with Gasteiger partial charge in [0.1, 0.15) is 5.76 Å². The van der Waals surface area contributed by atoms with Gasteiger partial charge in [-0.05, 0) is 54.1 Å². The number of para-hydroxylation sites is 2. The van der Waals surface area contributed by atoms with Crippen molar-refractivity contribution >= 4 is 28.9 Å². The molecule has 1 aliphatic heterocycles. The number of allylic oxidation sites excluding steroid dienone is 1. The van der Waals surface area contributed by atoms with Gasteiger partial charge in [0.2, 0.25) is 11.8 Å². The summed E-state index contributed by atoms with van der Waals surface area (Å²) in [6.45, 7) is 2.15. The van der Waals surface area contributed by atoms with Crippen LogP contribution in [-0.4, -0.2) is 18.9 Å². The lowest BCUT2D eigenvalue weighted by molar-refractivity contribution is 0.405. The number of rotatable bonds is 5. The van der Waals surface area contributed by atoms with E-state index in [-0.39, 0.29) is 5.92 Å². The molecule has 0 aromatic heterocycles. The summed E-state index contributed by atoms with van der Waals surface area (Å²) in [4.78, 5) is 9.63. The summed E-state index contributed by atoms with van der Waals surface area (Å²) in [6, 6.07) is 36.1. The van der Waals surface area contributed by atoms with E-state index in [1.54, 1.807) is 7.11 Å². The number of benzene rings is 4. The Balaban J connectivity index is 1.53. The van der Waals surface area contributed by atoms with Gasteiger partial charge in [0, 0.05) is 22.6 Å². The monoisotopic (exact) mass is 458 g/mol. The summed E-state index contributed by atoms with van der Waals surface area (Å²) >= 11 is 0. The Bertz CT molecular complexity index is 1410. The molecule has 4 aromatic carbocycles. The molecule has 0 saturated heterocycles. The highest BCUT2D eigenvalue weighted by atomic mass is 16.5. The summed E-state index contributed by atoms with van der Waals surface area (Å²) < 4.78 is 12.0. The van der Waals surface area contributed by atoms with Crippen molar-refractivity contribution in [3.8, 4) is 0 Å². The van der Waals surface area contributed by atoms with Crippen LogP contribution in [0.5, 0.6) is 0 Å². The normalized spacial score (nSPS) is 15.1. The van der Waals surface area contributed by atoms with Gasteiger partial charge in [-0.1, -0.05) is 73.7 Å². The SMILES string of the molecule is COC(=Nc1ccccc1C(C)C=C1OC(c2ccccc2)=Nc2ccccc21)c1ccccc1. The lowest BCUT2D eigenvalue weighted by Gasteiger charge is -2.21. The molecule has 0 saturated carbocycles. The summed E-state index contributed by atoms with van der Waals surface area (Å²) in [6.07, 6.45) is 2.14. The Kier molecular flexibility index (Phi) is 6.53. The maximum Gasteiger partial charge on any atom is 0.227 e. The number of ether oxygens (including phenoxy) is 2. The fraction of sp³-hybridized carbons (Fsp3) is 0.0968. The highest BCUT2D eigenvalue weighted by Gasteiger charge is 2.21. The Hall–Kier alpha value is -4.44. The molecule has 1 aliphatic rings. The molecule has 4 heteroatoms. The third kappa shape index (κ3) is 4.92. The summed E-state index contributed by atoms with van der Waals surface area (Å²) in [7, 11) is 1.65. The summed E-state index contributed by atoms with van der Waals surface area (Å²) in [5, 5.41) is 0. The first-order valence-electron chi connectivity index (χ1n) is 11.6. The number of fused-ring (bicyclic) bond motifs is 1. The van der Waals surface area contributed by atoms with Crippen molar-refractivity contribution in [2.75, 3.05) is 7.11 Å². The Morgan fingerprint density at radius 3 is 2.26 bits per heavy atom. The molecule has 0 spiro atoms. The fourth-order valence-electron chi connectivity index (χ4n) is 4.11. The van der Waals surface area contributed by atoms with Crippen molar-refractivity contribution in [3.63, 3.8) is 0 Å². The molecule has 5 rings (SSSR count). The second-order valence-electron chi connectivity index (χ2n) is 8.27. The molecule has 4 aromatic rings. The van der Waals surface area contributed by atoms with Crippen LogP contribution in [0.1, 0.15) is 35.1 Å². The minimum absolute atomic E-state index is 0.0296. The smallest absolute Gasteiger partial charge is 0.227 e. The predicted octanol–water partition coefficient (Wildman–Crippen LogP) is 7.66. The van der Waals surface area contributed by atoms with Gasteiger partial charge in [0.25, 0.3) is 0 Å². The molecular formula is C31H26N2O2. The summed E-state index contributed by atoms with van der Waals surface area (Å²) in [5.41, 5.74) is 5.69. The van der Waals surface area contributed by atoms with Crippen LogP contribution in [0.25, 0.3) is 5.76 Å². The molecule has 35 heavy (non-hydrogen) atoms. The van der Waals surface area contributed by atoms with E-state index in [2.05, 4.69) is 19.1 Å². The Morgan fingerprint density at radius 1 is 0.829 bits per heavy atom. The average molecular weight is 459 g/mol. The van der Waals surface area contributed by atoms with E-state index in [1.807, 2.05) is 103 Å². The standard InChI is InChI=1S/C31H26N2O2/c1-22(25-17-9-11-19-27(25)32-30(34-2)23-13-5-3-6-14-23)21-29-26-18-10-12-20-28(26)33-31(35-29)24-15-7-4-8-16-24/h3-22H,1-2H3. The van der Waals surface area contributed by atoms with Crippen LogP contribution in [0.2, 0.25) is 0 Å². The molecule has 0 radical (unpaired) electrons. The highest BCUT2D eigenvalue weighted by molar-refractivity contribution is 6.02. The minimum atomic E-state index is 0.0296. The maximum absolute atomic E-state index is 6.35. The first-order valence-corrected chi connectivity index (χ1v) is 11.6. The first kappa shape index (κ1) is 22.4. The van der Waals surface area contributed by atoms with E-state index >= 15 is 0 Å². The predicted molar refractivity (Wildman–Crippen MR) is 143 cm³/mol. The van der Waals surface area contributed by atoms with Crippen molar-refractivity contribution in [3.05, 3.63) is 138 Å². The van der Waals surface area contributed by atoms with Gasteiger partial charge in [-0.2, -0.15) is 0 Å². The second-order valence-corrected chi connectivity index (χ2v) is 8.27. The number of methoxy groups -OCH3 is 1. The fourth-order valence-corrected chi connectivity index (χ4v) is 4.11. The van der Waals surface area contributed by atoms with Crippen LogP contribution in [0.3, 0.4) is 0 Å². The van der Waals surface area contributed by atoms with Crippen LogP contribution in [-0.2, 0) is 9.47 Å². The number of aliphatic imine (C=N–C) groups is 2. The third-order valence-electron chi connectivity index (χ3n) is 5.88. The van der Waals surface area contributed by atoms with Crippen molar-refractivity contribution in [2.45, 2.75) is 12.8 Å². The molecule has 0 N–H and O–H groups in total. The molecular weight excluding hydrogens is 432 g/mol. The average Bonchev–Trinajstić information content (AvgIpc) is 2.92. The van der Waals surface area contributed by atoms with E-state index in [9.17, 15) is 0 Å². The van der Waals surface area contributed by atoms with Crippen molar-refractivity contribution in [1.29, 1.82) is 0 Å². The zero-order valence-electron chi connectivity index (χ0n) is 19.8.